The van der Waals surface area contributed by atoms with Crippen molar-refractivity contribution in [3.63, 3.8) is 0 Å². The minimum Gasteiger partial charge on any atom is -0.492 e. The molecule has 0 fully saturated rings. The Bertz CT molecular complexity index is 628. The van der Waals surface area contributed by atoms with Crippen LogP contribution in [-0.4, -0.2) is 30.4 Å². The Kier molecular flexibility index (Phi) is 6.78. The Labute approximate surface area is 142 Å². The molecule has 24 heavy (non-hydrogen) atoms. The van der Waals surface area contributed by atoms with Gasteiger partial charge in [0.25, 0.3) is 0 Å². The van der Waals surface area contributed by atoms with Gasteiger partial charge in [-0.15, -0.1) is 0 Å². The fraction of sp³-hybridized carbons (Fsp3) is 0.316. The predicted molar refractivity (Wildman–Crippen MR) is 92.1 cm³/mol. The monoisotopic (exact) mass is 329 g/mol. The van der Waals surface area contributed by atoms with E-state index in [1.54, 1.807) is 6.92 Å². The van der Waals surface area contributed by atoms with E-state index in [9.17, 15) is 4.79 Å². The Morgan fingerprint density at radius 1 is 1.12 bits per heavy atom. The highest BCUT2D eigenvalue weighted by Crippen LogP contribution is 2.17. The van der Waals surface area contributed by atoms with Crippen LogP contribution in [0.15, 0.2) is 54.6 Å². The quantitative estimate of drug-likeness (QED) is 0.739. The lowest BCUT2D eigenvalue weighted by Crippen LogP contribution is -2.26. The molecule has 5 nitrogen and oxygen atoms in total. The van der Waals surface area contributed by atoms with Crippen LogP contribution < -0.4 is 10.5 Å². The van der Waals surface area contributed by atoms with Gasteiger partial charge in [0, 0.05) is 13.0 Å². The highest BCUT2D eigenvalue weighted by Gasteiger charge is 2.17. The molecule has 0 amide bonds. The van der Waals surface area contributed by atoms with Crippen molar-refractivity contribution in [2.75, 3.05) is 13.2 Å². The van der Waals surface area contributed by atoms with Crippen LogP contribution in [0.5, 0.6) is 5.75 Å². The summed E-state index contributed by atoms with van der Waals surface area (Å²) in [6.45, 7) is 2.53. The summed E-state index contributed by atoms with van der Waals surface area (Å²) < 4.78 is 10.9. The third-order valence-corrected chi connectivity index (χ3v) is 3.65. The molecule has 0 aliphatic carbocycles. The molecule has 0 radical (unpaired) electrons. The van der Waals surface area contributed by atoms with Crippen molar-refractivity contribution >= 4 is 5.97 Å². The topological polar surface area (TPSA) is 81.8 Å². The average Bonchev–Trinajstić information content (AvgIpc) is 2.61. The van der Waals surface area contributed by atoms with Crippen molar-refractivity contribution < 1.29 is 19.4 Å². The van der Waals surface area contributed by atoms with E-state index in [0.29, 0.717) is 25.4 Å². The Morgan fingerprint density at radius 2 is 1.79 bits per heavy atom. The lowest BCUT2D eigenvalue weighted by atomic mass is 10.1. The lowest BCUT2D eigenvalue weighted by Gasteiger charge is -2.15. The van der Waals surface area contributed by atoms with Crippen molar-refractivity contribution in [1.82, 2.24) is 0 Å². The number of hydrogen-bond donors (Lipinski definition) is 2. The van der Waals surface area contributed by atoms with Gasteiger partial charge in [0.15, 0.2) is 6.10 Å². The van der Waals surface area contributed by atoms with Gasteiger partial charge in [0.1, 0.15) is 12.4 Å². The molecular formula is C19H23NO4. The highest BCUT2D eigenvalue weighted by atomic mass is 16.5. The molecule has 0 aliphatic heterocycles. The van der Waals surface area contributed by atoms with Crippen LogP contribution in [0.1, 0.15) is 24.1 Å². The van der Waals surface area contributed by atoms with E-state index in [1.807, 2.05) is 54.6 Å². The molecule has 0 aliphatic rings. The second-order valence-corrected chi connectivity index (χ2v) is 5.46. The van der Waals surface area contributed by atoms with Crippen molar-refractivity contribution in [3.8, 4) is 5.75 Å². The number of hydrogen-bond acceptors (Lipinski definition) is 4. The molecule has 2 aromatic carbocycles. The van der Waals surface area contributed by atoms with Gasteiger partial charge in [-0.1, -0.05) is 42.5 Å². The third-order valence-electron chi connectivity index (χ3n) is 3.65. The average molecular weight is 329 g/mol. The maximum atomic E-state index is 11.1. The second kappa shape index (κ2) is 9.05. The first-order chi connectivity index (χ1) is 11.6. The zero-order valence-corrected chi connectivity index (χ0v) is 13.7. The van der Waals surface area contributed by atoms with Crippen molar-refractivity contribution in [3.05, 3.63) is 65.7 Å². The van der Waals surface area contributed by atoms with Crippen LogP contribution in [0.4, 0.5) is 0 Å². The molecule has 2 atom stereocenters. The Hall–Kier alpha value is -2.37. The van der Waals surface area contributed by atoms with Crippen molar-refractivity contribution in [2.45, 2.75) is 25.5 Å². The second-order valence-electron chi connectivity index (χ2n) is 5.46. The predicted octanol–water partition coefficient (Wildman–Crippen LogP) is 2.80. The van der Waals surface area contributed by atoms with Crippen LogP contribution in [0.3, 0.4) is 0 Å². The molecule has 128 valence electrons. The van der Waals surface area contributed by atoms with E-state index in [2.05, 4.69) is 0 Å². The minimum absolute atomic E-state index is 0.194. The van der Waals surface area contributed by atoms with E-state index < -0.39 is 12.1 Å². The summed E-state index contributed by atoms with van der Waals surface area (Å²) >= 11 is 0. The number of carbonyl (C=O) groups is 1. The SMILES string of the molecule is CCOC(Cc1ccc(OCC(N)c2ccccc2)cc1)C(=O)O. The normalized spacial score (nSPS) is 13.2. The highest BCUT2D eigenvalue weighted by molar-refractivity contribution is 5.72. The molecule has 0 spiro atoms. The molecule has 0 bridgehead atoms. The van der Waals surface area contributed by atoms with Gasteiger partial charge in [-0.25, -0.2) is 4.79 Å². The van der Waals surface area contributed by atoms with E-state index in [4.69, 9.17) is 20.3 Å². The van der Waals surface area contributed by atoms with E-state index in [0.717, 1.165) is 11.1 Å². The fourth-order valence-corrected chi connectivity index (χ4v) is 2.34. The van der Waals surface area contributed by atoms with Gasteiger partial charge >= 0.3 is 5.97 Å². The summed E-state index contributed by atoms with van der Waals surface area (Å²) in [6, 6.07) is 16.9. The first-order valence-corrected chi connectivity index (χ1v) is 7.96. The van der Waals surface area contributed by atoms with Crippen LogP contribution in [-0.2, 0) is 16.0 Å². The molecule has 5 heteroatoms. The van der Waals surface area contributed by atoms with Gasteiger partial charge in [-0.05, 0) is 30.2 Å². The summed E-state index contributed by atoms with van der Waals surface area (Å²) in [6.07, 6.45) is -0.499. The number of carboxylic acid groups (broad SMARTS) is 1. The molecule has 0 saturated heterocycles. The minimum atomic E-state index is -0.953. The first-order valence-electron chi connectivity index (χ1n) is 7.96. The largest absolute Gasteiger partial charge is 0.492 e. The number of benzene rings is 2. The lowest BCUT2D eigenvalue weighted by molar-refractivity contribution is -0.149. The molecule has 2 rings (SSSR count). The Balaban J connectivity index is 1.89. The molecule has 3 N–H and O–H groups in total. The van der Waals surface area contributed by atoms with Gasteiger partial charge in [0.05, 0.1) is 6.04 Å². The zero-order valence-electron chi connectivity index (χ0n) is 13.7. The van der Waals surface area contributed by atoms with Crippen LogP contribution >= 0.6 is 0 Å². The summed E-state index contributed by atoms with van der Waals surface area (Å²) in [5, 5.41) is 9.11. The maximum absolute atomic E-state index is 11.1. The van der Waals surface area contributed by atoms with Gasteiger partial charge < -0.3 is 20.3 Å². The summed E-state index contributed by atoms with van der Waals surface area (Å²) in [5.41, 5.74) is 8.01. The number of nitrogens with two attached hydrogens (primary N) is 1. The van der Waals surface area contributed by atoms with Gasteiger partial charge in [-0.2, -0.15) is 0 Å². The zero-order chi connectivity index (χ0) is 17.4. The summed E-state index contributed by atoms with van der Waals surface area (Å²) in [7, 11) is 0. The van der Waals surface area contributed by atoms with E-state index in [-0.39, 0.29) is 6.04 Å². The van der Waals surface area contributed by atoms with Crippen LogP contribution in [0.25, 0.3) is 0 Å². The first kappa shape index (κ1) is 18.0. The summed E-state index contributed by atoms with van der Waals surface area (Å²) in [4.78, 5) is 11.1. The van der Waals surface area contributed by atoms with Crippen LogP contribution in [0, 0.1) is 0 Å². The maximum Gasteiger partial charge on any atom is 0.333 e. The fourth-order valence-electron chi connectivity index (χ4n) is 2.34. The number of rotatable bonds is 9. The van der Waals surface area contributed by atoms with Gasteiger partial charge in [-0.3, -0.25) is 0 Å². The van der Waals surface area contributed by atoms with E-state index >= 15 is 0 Å². The summed E-state index contributed by atoms with van der Waals surface area (Å²) in [5.74, 6) is -0.251. The molecule has 2 unspecified atom stereocenters. The number of carboxylic acids is 1. The molecule has 0 saturated carbocycles. The number of ether oxygens (including phenoxy) is 2. The van der Waals surface area contributed by atoms with E-state index in [1.165, 1.54) is 0 Å². The molecule has 0 heterocycles. The van der Waals surface area contributed by atoms with Crippen molar-refractivity contribution in [1.29, 1.82) is 0 Å². The van der Waals surface area contributed by atoms with Gasteiger partial charge in [0.2, 0.25) is 0 Å². The van der Waals surface area contributed by atoms with Crippen molar-refractivity contribution in [2.24, 2.45) is 5.73 Å². The molecule has 2 aromatic rings. The standard InChI is InChI=1S/C19H23NO4/c1-2-23-18(19(21)22)12-14-8-10-16(11-9-14)24-13-17(20)15-6-4-3-5-7-15/h3-11,17-18H,2,12-13,20H2,1H3,(H,21,22). The Morgan fingerprint density at radius 3 is 2.38 bits per heavy atom. The van der Waals surface area contributed by atoms with Crippen LogP contribution in [0.2, 0.25) is 0 Å². The molecular weight excluding hydrogens is 306 g/mol. The number of aliphatic carboxylic acids is 1. The smallest absolute Gasteiger partial charge is 0.333 e. The molecule has 0 aromatic heterocycles. The third kappa shape index (κ3) is 5.37.